The smallest absolute Gasteiger partial charge is 0.142 e. The highest BCUT2D eigenvalue weighted by Gasteiger charge is 2.27. The number of nitrogens with zero attached hydrogens (tertiary/aromatic N) is 3. The van der Waals surface area contributed by atoms with Crippen molar-refractivity contribution in [1.29, 1.82) is 0 Å². The molecule has 0 aliphatic heterocycles. The highest BCUT2D eigenvalue weighted by Crippen LogP contribution is 2.31. The third-order valence-corrected chi connectivity index (χ3v) is 3.76. The van der Waals surface area contributed by atoms with Crippen LogP contribution in [-0.2, 0) is 0 Å². The zero-order chi connectivity index (χ0) is 12.4. The monoisotopic (exact) mass is 242 g/mol. The normalized spacial score (nSPS) is 24.1. The van der Waals surface area contributed by atoms with Crippen LogP contribution in [0.15, 0.2) is 36.7 Å². The van der Waals surface area contributed by atoms with Gasteiger partial charge >= 0.3 is 0 Å². The second-order valence-corrected chi connectivity index (χ2v) is 4.95. The summed E-state index contributed by atoms with van der Waals surface area (Å²) in [5.74, 6) is 1.34. The lowest BCUT2D eigenvalue weighted by Gasteiger charge is -2.27. The SMILES string of the molecule is NC1CCCCC1c1nncn1-c1ccccc1. The quantitative estimate of drug-likeness (QED) is 0.878. The number of aromatic nitrogens is 3. The molecule has 1 aliphatic rings. The number of rotatable bonds is 2. The Balaban J connectivity index is 1.96. The van der Waals surface area contributed by atoms with Crippen molar-refractivity contribution in [2.45, 2.75) is 37.6 Å². The molecular formula is C14H18N4. The maximum atomic E-state index is 6.24. The Hall–Kier alpha value is -1.68. The Kier molecular flexibility index (Phi) is 3.11. The molecule has 4 heteroatoms. The van der Waals surface area contributed by atoms with Gasteiger partial charge in [0.25, 0.3) is 0 Å². The van der Waals surface area contributed by atoms with E-state index in [0.29, 0.717) is 5.92 Å². The fourth-order valence-corrected chi connectivity index (χ4v) is 2.76. The van der Waals surface area contributed by atoms with E-state index in [1.54, 1.807) is 6.33 Å². The zero-order valence-corrected chi connectivity index (χ0v) is 10.4. The van der Waals surface area contributed by atoms with Crippen LogP contribution in [0.4, 0.5) is 0 Å². The second kappa shape index (κ2) is 4.90. The van der Waals surface area contributed by atoms with Gasteiger partial charge in [0, 0.05) is 17.6 Å². The molecule has 0 bridgehead atoms. The van der Waals surface area contributed by atoms with E-state index >= 15 is 0 Å². The van der Waals surface area contributed by atoms with Gasteiger partial charge in [0.05, 0.1) is 0 Å². The molecule has 0 amide bonds. The Morgan fingerprint density at radius 2 is 1.89 bits per heavy atom. The van der Waals surface area contributed by atoms with Crippen molar-refractivity contribution in [3.63, 3.8) is 0 Å². The fourth-order valence-electron chi connectivity index (χ4n) is 2.76. The number of benzene rings is 1. The fraction of sp³-hybridized carbons (Fsp3) is 0.429. The molecule has 1 aromatic carbocycles. The van der Waals surface area contributed by atoms with Crippen LogP contribution in [0.5, 0.6) is 0 Å². The third kappa shape index (κ3) is 2.04. The number of para-hydroxylation sites is 1. The summed E-state index contributed by atoms with van der Waals surface area (Å²) in [5, 5.41) is 8.37. The lowest BCUT2D eigenvalue weighted by Crippen LogP contribution is -2.33. The van der Waals surface area contributed by atoms with Crippen molar-refractivity contribution < 1.29 is 0 Å². The summed E-state index contributed by atoms with van der Waals surface area (Å²) in [6.07, 6.45) is 6.46. The molecule has 1 aliphatic carbocycles. The molecule has 3 rings (SSSR count). The molecule has 1 saturated carbocycles. The van der Waals surface area contributed by atoms with Crippen molar-refractivity contribution in [3.05, 3.63) is 42.5 Å². The topological polar surface area (TPSA) is 56.7 Å². The van der Waals surface area contributed by atoms with Crippen LogP contribution in [0.25, 0.3) is 5.69 Å². The highest BCUT2D eigenvalue weighted by atomic mass is 15.3. The molecule has 4 nitrogen and oxygen atoms in total. The lowest BCUT2D eigenvalue weighted by molar-refractivity contribution is 0.370. The van der Waals surface area contributed by atoms with E-state index in [0.717, 1.165) is 24.4 Å². The van der Waals surface area contributed by atoms with E-state index in [2.05, 4.69) is 26.9 Å². The van der Waals surface area contributed by atoms with Gasteiger partial charge in [0.2, 0.25) is 0 Å². The summed E-state index contributed by atoms with van der Waals surface area (Å²) in [5.41, 5.74) is 7.34. The molecule has 0 spiro atoms. The predicted molar refractivity (Wildman–Crippen MR) is 70.5 cm³/mol. The highest BCUT2D eigenvalue weighted by molar-refractivity contribution is 5.33. The van der Waals surface area contributed by atoms with E-state index in [4.69, 9.17) is 5.73 Å². The second-order valence-electron chi connectivity index (χ2n) is 4.95. The minimum absolute atomic E-state index is 0.213. The van der Waals surface area contributed by atoms with E-state index in [1.807, 2.05) is 18.2 Å². The summed E-state index contributed by atoms with van der Waals surface area (Å²) >= 11 is 0. The van der Waals surface area contributed by atoms with Gasteiger partial charge in [-0.25, -0.2) is 0 Å². The maximum Gasteiger partial charge on any atom is 0.142 e. The summed E-state index contributed by atoms with van der Waals surface area (Å²) in [6.45, 7) is 0. The van der Waals surface area contributed by atoms with Gasteiger partial charge in [-0.3, -0.25) is 4.57 Å². The van der Waals surface area contributed by atoms with E-state index < -0.39 is 0 Å². The van der Waals surface area contributed by atoms with Gasteiger partial charge in [0.15, 0.2) is 0 Å². The van der Waals surface area contributed by atoms with Gasteiger partial charge in [-0.1, -0.05) is 31.0 Å². The van der Waals surface area contributed by atoms with Crippen LogP contribution >= 0.6 is 0 Å². The number of hydrogen-bond donors (Lipinski definition) is 1. The molecule has 1 aromatic heterocycles. The van der Waals surface area contributed by atoms with E-state index in [1.165, 1.54) is 12.8 Å². The van der Waals surface area contributed by atoms with Crippen molar-refractivity contribution in [2.75, 3.05) is 0 Å². The van der Waals surface area contributed by atoms with E-state index in [9.17, 15) is 0 Å². The minimum Gasteiger partial charge on any atom is -0.327 e. The number of nitrogens with two attached hydrogens (primary N) is 1. The van der Waals surface area contributed by atoms with Crippen LogP contribution in [0.3, 0.4) is 0 Å². The molecule has 94 valence electrons. The van der Waals surface area contributed by atoms with Crippen molar-refractivity contribution in [3.8, 4) is 5.69 Å². The summed E-state index contributed by atoms with van der Waals surface area (Å²) in [7, 11) is 0. The van der Waals surface area contributed by atoms with Gasteiger partial charge in [-0.05, 0) is 25.0 Å². The van der Waals surface area contributed by atoms with E-state index in [-0.39, 0.29) is 6.04 Å². The first-order valence-corrected chi connectivity index (χ1v) is 6.57. The summed E-state index contributed by atoms with van der Waals surface area (Å²) in [4.78, 5) is 0. The molecule has 2 N–H and O–H groups in total. The number of hydrogen-bond acceptors (Lipinski definition) is 3. The first-order chi connectivity index (χ1) is 8.86. The van der Waals surface area contributed by atoms with Crippen LogP contribution in [-0.4, -0.2) is 20.8 Å². The molecule has 1 fully saturated rings. The van der Waals surface area contributed by atoms with Crippen molar-refractivity contribution in [1.82, 2.24) is 14.8 Å². The van der Waals surface area contributed by atoms with Crippen molar-refractivity contribution in [2.24, 2.45) is 5.73 Å². The zero-order valence-electron chi connectivity index (χ0n) is 10.4. The largest absolute Gasteiger partial charge is 0.327 e. The first kappa shape index (κ1) is 11.4. The molecule has 2 atom stereocenters. The van der Waals surface area contributed by atoms with Crippen LogP contribution in [0.1, 0.15) is 37.4 Å². The van der Waals surface area contributed by atoms with Gasteiger partial charge in [-0.2, -0.15) is 0 Å². The molecule has 0 radical (unpaired) electrons. The standard InChI is InChI=1S/C14H18N4/c15-13-9-5-4-8-12(13)14-17-16-10-18(14)11-6-2-1-3-7-11/h1-3,6-7,10,12-13H,4-5,8-9,15H2. The van der Waals surface area contributed by atoms with Crippen LogP contribution in [0, 0.1) is 0 Å². The Labute approximate surface area is 107 Å². The van der Waals surface area contributed by atoms with Gasteiger partial charge < -0.3 is 5.73 Å². The minimum atomic E-state index is 0.213. The van der Waals surface area contributed by atoms with Crippen molar-refractivity contribution >= 4 is 0 Å². The summed E-state index contributed by atoms with van der Waals surface area (Å²) < 4.78 is 2.07. The molecule has 2 unspecified atom stereocenters. The average molecular weight is 242 g/mol. The molecule has 0 saturated heterocycles. The van der Waals surface area contributed by atoms with Crippen LogP contribution < -0.4 is 5.73 Å². The molecule has 2 aromatic rings. The van der Waals surface area contributed by atoms with Gasteiger partial charge in [0.1, 0.15) is 12.2 Å². The van der Waals surface area contributed by atoms with Crippen LogP contribution in [0.2, 0.25) is 0 Å². The maximum absolute atomic E-state index is 6.24. The Morgan fingerprint density at radius 3 is 2.67 bits per heavy atom. The molecular weight excluding hydrogens is 224 g/mol. The molecule has 1 heterocycles. The summed E-state index contributed by atoms with van der Waals surface area (Å²) in [6, 6.07) is 10.4. The average Bonchev–Trinajstić information content (AvgIpc) is 2.89. The first-order valence-electron chi connectivity index (χ1n) is 6.57. The van der Waals surface area contributed by atoms with Gasteiger partial charge in [-0.15, -0.1) is 10.2 Å². The third-order valence-electron chi connectivity index (χ3n) is 3.76. The molecule has 18 heavy (non-hydrogen) atoms. The lowest BCUT2D eigenvalue weighted by atomic mass is 9.84. The Morgan fingerprint density at radius 1 is 1.11 bits per heavy atom. The Bertz CT molecular complexity index is 506. The predicted octanol–water partition coefficient (Wildman–Crippen LogP) is 2.25.